The van der Waals surface area contributed by atoms with Crippen LogP contribution in [0, 0.1) is 15.2 Å². The lowest BCUT2D eigenvalue weighted by atomic mass is 10.2. The summed E-state index contributed by atoms with van der Waals surface area (Å²) in [7, 11) is -2.62. The minimum atomic E-state index is -4.33. The molecule has 0 fully saturated rings. The van der Waals surface area contributed by atoms with Crippen LogP contribution in [0.2, 0.25) is 5.02 Å². The zero-order valence-electron chi connectivity index (χ0n) is 21.9. The maximum absolute atomic E-state index is 14.9. The third-order valence-electron chi connectivity index (χ3n) is 6.21. The maximum Gasteiger partial charge on any atom is 0.264 e. The van der Waals surface area contributed by atoms with Crippen molar-refractivity contribution in [3.8, 4) is 5.75 Å². The van der Waals surface area contributed by atoms with Gasteiger partial charge in [-0.2, -0.15) is 0 Å². The second-order valence-corrected chi connectivity index (χ2v) is 12.5. The van der Waals surface area contributed by atoms with Crippen molar-refractivity contribution in [2.45, 2.75) is 17.9 Å². The lowest BCUT2D eigenvalue weighted by molar-refractivity contribution is 0.0786. The number of rotatable bonds is 11. The zero-order valence-corrected chi connectivity index (χ0v) is 25.7. The second-order valence-electron chi connectivity index (χ2n) is 9.08. The minimum absolute atomic E-state index is 0.101. The molecule has 0 aromatic heterocycles. The highest BCUT2D eigenvalue weighted by Crippen LogP contribution is 2.32. The zero-order chi connectivity index (χ0) is 29.6. The average molecular weight is 711 g/mol. The third-order valence-corrected chi connectivity index (χ3v) is 9.18. The molecule has 0 aliphatic heterocycles. The Morgan fingerprint density at radius 3 is 2.37 bits per heavy atom. The van der Waals surface area contributed by atoms with E-state index < -0.39 is 27.3 Å². The molecule has 0 saturated heterocycles. The van der Waals surface area contributed by atoms with Gasteiger partial charge in [-0.15, -0.1) is 0 Å². The van der Waals surface area contributed by atoms with Crippen LogP contribution < -0.4 is 9.04 Å². The molecule has 4 aromatic rings. The van der Waals surface area contributed by atoms with Crippen LogP contribution in [0.25, 0.3) is 0 Å². The molecule has 0 aliphatic rings. The highest BCUT2D eigenvalue weighted by atomic mass is 127. The first kappa shape index (κ1) is 30.7. The third kappa shape index (κ3) is 7.55. The van der Waals surface area contributed by atoms with Gasteiger partial charge in [-0.3, -0.25) is 9.10 Å². The highest BCUT2D eigenvalue weighted by molar-refractivity contribution is 14.1. The van der Waals surface area contributed by atoms with E-state index in [2.05, 4.69) is 22.6 Å². The van der Waals surface area contributed by atoms with Crippen molar-refractivity contribution >= 4 is 55.8 Å². The Morgan fingerprint density at radius 1 is 0.951 bits per heavy atom. The Bertz CT molecular complexity index is 1640. The van der Waals surface area contributed by atoms with E-state index in [1.807, 2.05) is 18.2 Å². The smallest absolute Gasteiger partial charge is 0.264 e. The fourth-order valence-corrected chi connectivity index (χ4v) is 6.25. The summed E-state index contributed by atoms with van der Waals surface area (Å²) in [5.41, 5.74) is 0.621. The van der Waals surface area contributed by atoms with Gasteiger partial charge in [0.15, 0.2) is 0 Å². The number of para-hydroxylation sites is 1. The number of amides is 1. The molecule has 1 amide bonds. The summed E-state index contributed by atoms with van der Waals surface area (Å²) in [5, 5.41) is 0.331. The Balaban J connectivity index is 1.53. The molecule has 0 aliphatic carbocycles. The molecule has 41 heavy (non-hydrogen) atoms. The first-order valence-electron chi connectivity index (χ1n) is 12.5. The predicted molar refractivity (Wildman–Crippen MR) is 164 cm³/mol. The van der Waals surface area contributed by atoms with Gasteiger partial charge in [-0.25, -0.2) is 17.2 Å². The SMILES string of the molecule is CN(CCCOc1ccccc1CN(c1cc(F)ccc1F)S(=O)(=O)c1ccc(Cl)cc1)C(=O)c1ccccc1I. The van der Waals surface area contributed by atoms with E-state index in [4.69, 9.17) is 16.3 Å². The number of ether oxygens (including phenoxy) is 1. The van der Waals surface area contributed by atoms with E-state index in [0.29, 0.717) is 34.9 Å². The van der Waals surface area contributed by atoms with Gasteiger partial charge >= 0.3 is 0 Å². The molecule has 0 heterocycles. The van der Waals surface area contributed by atoms with Crippen molar-refractivity contribution < 1.29 is 26.7 Å². The molecule has 4 rings (SSSR count). The predicted octanol–water partition coefficient (Wildman–Crippen LogP) is 7.16. The van der Waals surface area contributed by atoms with E-state index >= 15 is 0 Å². The van der Waals surface area contributed by atoms with Gasteiger partial charge in [0, 0.05) is 33.8 Å². The fraction of sp³-hybridized carbons (Fsp3) is 0.167. The summed E-state index contributed by atoms with van der Waals surface area (Å²) in [6.45, 7) is 0.336. The number of sulfonamides is 1. The van der Waals surface area contributed by atoms with Crippen molar-refractivity contribution in [3.63, 3.8) is 0 Å². The van der Waals surface area contributed by atoms with Gasteiger partial charge in [-0.05, 0) is 83.6 Å². The summed E-state index contributed by atoms with van der Waals surface area (Å²) < 4.78 is 64.1. The lowest BCUT2D eigenvalue weighted by Gasteiger charge is -2.26. The quantitative estimate of drug-likeness (QED) is 0.123. The summed E-state index contributed by atoms with van der Waals surface area (Å²) in [6, 6.07) is 22.2. The number of halogens is 4. The Morgan fingerprint density at radius 2 is 1.63 bits per heavy atom. The summed E-state index contributed by atoms with van der Waals surface area (Å²) >= 11 is 8.06. The Hall–Kier alpha value is -3.22. The van der Waals surface area contributed by atoms with Crippen molar-refractivity contribution in [1.29, 1.82) is 0 Å². The minimum Gasteiger partial charge on any atom is -0.493 e. The summed E-state index contributed by atoms with van der Waals surface area (Å²) in [6.07, 6.45) is 0.505. The largest absolute Gasteiger partial charge is 0.493 e. The Kier molecular flexibility index (Phi) is 10.2. The molecule has 214 valence electrons. The molecule has 4 aromatic carbocycles. The highest BCUT2D eigenvalue weighted by Gasteiger charge is 2.29. The number of hydrogen-bond acceptors (Lipinski definition) is 4. The number of hydrogen-bond donors (Lipinski definition) is 0. The standard InChI is InChI=1S/C30H26ClF2IN2O4S/c1-35(30(37)25-8-3-4-9-27(25)34)17-6-18-40-29-10-5-2-7-21(29)20-36(28-19-23(32)13-16-26(28)33)41(38,39)24-14-11-22(31)12-15-24/h2-5,7-16,19H,6,17-18,20H2,1H3. The number of nitrogens with zero attached hydrogens (tertiary/aromatic N) is 2. The van der Waals surface area contributed by atoms with E-state index in [1.165, 1.54) is 24.3 Å². The van der Waals surface area contributed by atoms with Crippen molar-refractivity contribution in [3.05, 3.63) is 122 Å². The van der Waals surface area contributed by atoms with Crippen LogP contribution in [0.4, 0.5) is 14.5 Å². The fourth-order valence-electron chi connectivity index (χ4n) is 4.07. The van der Waals surface area contributed by atoms with Crippen LogP contribution in [0.1, 0.15) is 22.3 Å². The van der Waals surface area contributed by atoms with Crippen LogP contribution in [0.3, 0.4) is 0 Å². The Labute approximate surface area is 256 Å². The monoisotopic (exact) mass is 710 g/mol. The molecule has 0 unspecified atom stereocenters. The average Bonchev–Trinajstić information content (AvgIpc) is 2.96. The molecule has 0 saturated carbocycles. The van der Waals surface area contributed by atoms with Crippen molar-refractivity contribution in [1.82, 2.24) is 4.90 Å². The molecule has 0 atom stereocenters. The van der Waals surface area contributed by atoms with Gasteiger partial charge in [0.2, 0.25) is 0 Å². The molecule has 0 N–H and O–H groups in total. The normalized spacial score (nSPS) is 11.2. The molecule has 0 radical (unpaired) electrons. The van der Waals surface area contributed by atoms with Gasteiger partial charge < -0.3 is 9.64 Å². The van der Waals surface area contributed by atoms with Crippen LogP contribution in [0.15, 0.2) is 95.9 Å². The van der Waals surface area contributed by atoms with E-state index in [9.17, 15) is 22.0 Å². The lowest BCUT2D eigenvalue weighted by Crippen LogP contribution is -2.31. The van der Waals surface area contributed by atoms with Crippen molar-refractivity contribution in [2.24, 2.45) is 0 Å². The molecule has 6 nitrogen and oxygen atoms in total. The first-order valence-corrected chi connectivity index (χ1v) is 15.4. The van der Waals surface area contributed by atoms with Crippen LogP contribution in [-0.2, 0) is 16.6 Å². The number of anilines is 1. The van der Waals surface area contributed by atoms with Crippen LogP contribution in [-0.4, -0.2) is 39.4 Å². The summed E-state index contributed by atoms with van der Waals surface area (Å²) in [4.78, 5) is 14.3. The molecular weight excluding hydrogens is 685 g/mol. The molecular formula is C30H26ClF2IN2O4S. The first-order chi connectivity index (χ1) is 19.6. The number of carbonyl (C=O) groups excluding carboxylic acids is 1. The topological polar surface area (TPSA) is 66.9 Å². The van der Waals surface area contributed by atoms with E-state index in [0.717, 1.165) is 26.1 Å². The van der Waals surface area contributed by atoms with Crippen molar-refractivity contribution in [2.75, 3.05) is 24.5 Å². The maximum atomic E-state index is 14.9. The molecule has 0 spiro atoms. The summed E-state index contributed by atoms with van der Waals surface area (Å²) in [5.74, 6) is -1.41. The van der Waals surface area contributed by atoms with E-state index in [1.54, 1.807) is 42.3 Å². The van der Waals surface area contributed by atoms with Gasteiger partial charge in [-0.1, -0.05) is 41.9 Å². The van der Waals surface area contributed by atoms with Crippen LogP contribution >= 0.6 is 34.2 Å². The molecule has 0 bridgehead atoms. The van der Waals surface area contributed by atoms with Gasteiger partial charge in [0.05, 0.1) is 29.3 Å². The molecule has 11 heteroatoms. The van der Waals surface area contributed by atoms with E-state index in [-0.39, 0.29) is 24.0 Å². The second kappa shape index (κ2) is 13.6. The van der Waals surface area contributed by atoms with Crippen LogP contribution in [0.5, 0.6) is 5.75 Å². The van der Waals surface area contributed by atoms with Gasteiger partial charge in [0.1, 0.15) is 17.4 Å². The van der Waals surface area contributed by atoms with Gasteiger partial charge in [0.25, 0.3) is 15.9 Å². The number of benzene rings is 4. The number of carbonyl (C=O) groups is 1.